The summed E-state index contributed by atoms with van der Waals surface area (Å²) in [4.78, 5) is 25.1. The molecule has 0 aliphatic carbocycles. The molecule has 1 aromatic carbocycles. The molecule has 4 nitrogen and oxygen atoms in total. The minimum absolute atomic E-state index is 0.0595. The third kappa shape index (κ3) is 5.42. The maximum absolute atomic E-state index is 13.3. The Labute approximate surface area is 129 Å². The van der Waals surface area contributed by atoms with Crippen molar-refractivity contribution in [2.45, 2.75) is 26.7 Å². The largest absolute Gasteiger partial charge is 0.469 e. The average Bonchev–Trinajstić information content (AvgIpc) is 2.48. The molecule has 22 heavy (non-hydrogen) atoms. The van der Waals surface area contributed by atoms with Gasteiger partial charge in [-0.05, 0) is 30.5 Å². The van der Waals surface area contributed by atoms with Gasteiger partial charge in [0.15, 0.2) is 11.6 Å². The van der Waals surface area contributed by atoms with E-state index in [9.17, 15) is 18.4 Å². The Kier molecular flexibility index (Phi) is 6.95. The van der Waals surface area contributed by atoms with Crippen LogP contribution in [-0.4, -0.2) is 37.0 Å². The molecular formula is C16H21F2NO3. The number of carbonyl (C=O) groups is 2. The van der Waals surface area contributed by atoms with Crippen LogP contribution in [0.25, 0.3) is 0 Å². The number of nitrogens with zero attached hydrogens (tertiary/aromatic N) is 1. The van der Waals surface area contributed by atoms with Gasteiger partial charge in [0.2, 0.25) is 0 Å². The number of ether oxygens (including phenoxy) is 1. The highest BCUT2D eigenvalue weighted by molar-refractivity contribution is 5.94. The van der Waals surface area contributed by atoms with Gasteiger partial charge in [0.25, 0.3) is 5.91 Å². The summed E-state index contributed by atoms with van der Waals surface area (Å²) in [5.74, 6) is -2.54. The van der Waals surface area contributed by atoms with E-state index in [-0.39, 0.29) is 18.5 Å². The molecule has 0 saturated carbocycles. The molecule has 0 N–H and O–H groups in total. The van der Waals surface area contributed by atoms with Gasteiger partial charge in [0.1, 0.15) is 0 Å². The molecule has 122 valence electrons. The lowest BCUT2D eigenvalue weighted by Crippen LogP contribution is -2.34. The lowest BCUT2D eigenvalue weighted by Gasteiger charge is -2.23. The molecule has 0 fully saturated rings. The summed E-state index contributed by atoms with van der Waals surface area (Å²) >= 11 is 0. The zero-order chi connectivity index (χ0) is 16.7. The lowest BCUT2D eigenvalue weighted by molar-refractivity contribution is -0.140. The van der Waals surface area contributed by atoms with Crippen molar-refractivity contribution in [3.63, 3.8) is 0 Å². The first-order chi connectivity index (χ1) is 10.3. The molecule has 1 rings (SSSR count). The van der Waals surface area contributed by atoms with Gasteiger partial charge in [-0.3, -0.25) is 9.59 Å². The summed E-state index contributed by atoms with van der Waals surface area (Å²) in [5, 5.41) is 0. The van der Waals surface area contributed by atoms with Crippen molar-refractivity contribution in [3.8, 4) is 0 Å². The van der Waals surface area contributed by atoms with Gasteiger partial charge in [-0.25, -0.2) is 8.78 Å². The van der Waals surface area contributed by atoms with Gasteiger partial charge in [0.05, 0.1) is 13.5 Å². The second-order valence-electron chi connectivity index (χ2n) is 5.43. The van der Waals surface area contributed by atoms with Gasteiger partial charge in [-0.2, -0.15) is 0 Å². The number of rotatable bonds is 7. The fourth-order valence-corrected chi connectivity index (χ4v) is 1.87. The number of esters is 1. The van der Waals surface area contributed by atoms with Crippen LogP contribution in [0.3, 0.4) is 0 Å². The van der Waals surface area contributed by atoms with Gasteiger partial charge in [-0.1, -0.05) is 13.8 Å². The van der Waals surface area contributed by atoms with Crippen molar-refractivity contribution >= 4 is 11.9 Å². The number of benzene rings is 1. The number of halogens is 2. The molecule has 0 saturated heterocycles. The highest BCUT2D eigenvalue weighted by Gasteiger charge is 2.18. The number of carbonyl (C=O) groups excluding carboxylic acids is 2. The van der Waals surface area contributed by atoms with E-state index in [1.54, 1.807) is 0 Å². The van der Waals surface area contributed by atoms with Gasteiger partial charge >= 0.3 is 5.97 Å². The van der Waals surface area contributed by atoms with E-state index in [1.807, 2.05) is 13.8 Å². The Morgan fingerprint density at radius 2 is 1.86 bits per heavy atom. The SMILES string of the molecule is COC(=O)CCN(CCC(C)C)C(=O)c1ccc(F)c(F)c1. The van der Waals surface area contributed by atoms with Crippen molar-refractivity contribution in [3.05, 3.63) is 35.4 Å². The van der Waals surface area contributed by atoms with Crippen LogP contribution < -0.4 is 0 Å². The van der Waals surface area contributed by atoms with E-state index >= 15 is 0 Å². The Balaban J connectivity index is 2.84. The molecule has 0 unspecified atom stereocenters. The predicted octanol–water partition coefficient (Wildman–Crippen LogP) is 3.02. The van der Waals surface area contributed by atoms with Crippen molar-refractivity contribution in [2.75, 3.05) is 20.2 Å². The first-order valence-corrected chi connectivity index (χ1v) is 7.16. The summed E-state index contributed by atoms with van der Waals surface area (Å²) in [6.45, 7) is 4.64. The molecule has 0 bridgehead atoms. The molecule has 0 atom stereocenters. The van der Waals surface area contributed by atoms with Gasteiger partial charge < -0.3 is 9.64 Å². The van der Waals surface area contributed by atoms with E-state index < -0.39 is 23.5 Å². The van der Waals surface area contributed by atoms with E-state index in [0.717, 1.165) is 18.6 Å². The first-order valence-electron chi connectivity index (χ1n) is 7.16. The molecular weight excluding hydrogens is 292 g/mol. The zero-order valence-electron chi connectivity index (χ0n) is 13.1. The third-order valence-electron chi connectivity index (χ3n) is 3.24. The summed E-state index contributed by atoms with van der Waals surface area (Å²) in [5.41, 5.74) is 0.0625. The standard InChI is InChI=1S/C16H21F2NO3/c1-11(2)6-8-19(9-7-15(20)22-3)16(21)12-4-5-13(17)14(18)10-12/h4-5,10-11H,6-9H2,1-3H3. The van der Waals surface area contributed by atoms with E-state index in [2.05, 4.69) is 4.74 Å². The van der Waals surface area contributed by atoms with Crippen molar-refractivity contribution in [1.82, 2.24) is 4.90 Å². The van der Waals surface area contributed by atoms with E-state index in [4.69, 9.17) is 0 Å². The van der Waals surface area contributed by atoms with Crippen molar-refractivity contribution in [1.29, 1.82) is 0 Å². The topological polar surface area (TPSA) is 46.6 Å². The third-order valence-corrected chi connectivity index (χ3v) is 3.24. The van der Waals surface area contributed by atoms with Gasteiger partial charge in [-0.15, -0.1) is 0 Å². The minimum Gasteiger partial charge on any atom is -0.469 e. The quantitative estimate of drug-likeness (QED) is 0.727. The average molecular weight is 313 g/mol. The molecule has 6 heteroatoms. The normalized spacial score (nSPS) is 10.6. The van der Waals surface area contributed by atoms with Crippen LogP contribution in [0.2, 0.25) is 0 Å². The Morgan fingerprint density at radius 3 is 2.41 bits per heavy atom. The Hall–Kier alpha value is -1.98. The van der Waals surface area contributed by atoms with Crippen LogP contribution in [-0.2, 0) is 9.53 Å². The number of hydrogen-bond donors (Lipinski definition) is 0. The molecule has 0 aliphatic rings. The number of hydrogen-bond acceptors (Lipinski definition) is 3. The highest BCUT2D eigenvalue weighted by atomic mass is 19.2. The molecule has 0 radical (unpaired) electrons. The van der Waals surface area contributed by atoms with Crippen LogP contribution in [0.5, 0.6) is 0 Å². The number of methoxy groups -OCH3 is 1. The fourth-order valence-electron chi connectivity index (χ4n) is 1.87. The van der Waals surface area contributed by atoms with Crippen molar-refractivity contribution < 1.29 is 23.1 Å². The minimum atomic E-state index is -1.07. The Bertz CT molecular complexity index is 532. The van der Waals surface area contributed by atoms with Crippen LogP contribution >= 0.6 is 0 Å². The maximum Gasteiger partial charge on any atom is 0.307 e. The predicted molar refractivity (Wildman–Crippen MR) is 78.3 cm³/mol. The second-order valence-corrected chi connectivity index (χ2v) is 5.43. The maximum atomic E-state index is 13.3. The first kappa shape index (κ1) is 18.1. The summed E-state index contributed by atoms with van der Waals surface area (Å²) in [7, 11) is 1.28. The molecule has 1 aromatic rings. The van der Waals surface area contributed by atoms with E-state index in [1.165, 1.54) is 18.1 Å². The lowest BCUT2D eigenvalue weighted by atomic mass is 10.1. The summed E-state index contributed by atoms with van der Waals surface area (Å²) < 4.78 is 30.8. The number of amides is 1. The van der Waals surface area contributed by atoms with Crippen LogP contribution in [0.4, 0.5) is 8.78 Å². The van der Waals surface area contributed by atoms with Crippen LogP contribution in [0.15, 0.2) is 18.2 Å². The molecule has 0 aromatic heterocycles. The van der Waals surface area contributed by atoms with Crippen LogP contribution in [0, 0.1) is 17.6 Å². The summed E-state index contributed by atoms with van der Waals surface area (Å²) in [6.07, 6.45) is 0.806. The van der Waals surface area contributed by atoms with E-state index in [0.29, 0.717) is 12.5 Å². The zero-order valence-corrected chi connectivity index (χ0v) is 13.1. The molecule has 0 aliphatic heterocycles. The van der Waals surface area contributed by atoms with Gasteiger partial charge in [0, 0.05) is 18.7 Å². The Morgan fingerprint density at radius 1 is 1.18 bits per heavy atom. The molecule has 0 spiro atoms. The highest BCUT2D eigenvalue weighted by Crippen LogP contribution is 2.13. The van der Waals surface area contributed by atoms with Crippen LogP contribution in [0.1, 0.15) is 37.0 Å². The molecule has 1 amide bonds. The summed E-state index contributed by atoms with van der Waals surface area (Å²) in [6, 6.07) is 3.03. The monoisotopic (exact) mass is 313 g/mol. The van der Waals surface area contributed by atoms with Crippen molar-refractivity contribution in [2.24, 2.45) is 5.92 Å². The fraction of sp³-hybridized carbons (Fsp3) is 0.500. The second kappa shape index (κ2) is 8.46. The smallest absolute Gasteiger partial charge is 0.307 e. The molecule has 0 heterocycles.